The summed E-state index contributed by atoms with van der Waals surface area (Å²) in [5.41, 5.74) is 1.71. The van der Waals surface area contributed by atoms with Crippen LogP contribution in [0.3, 0.4) is 0 Å². The SMILES string of the molecule is CCNC(=NCCS(=O)(=O)NCc1ccccc1)Nc1cccc(OCCCOC)c1. The van der Waals surface area contributed by atoms with Crippen molar-refractivity contribution in [2.75, 3.05) is 44.5 Å². The van der Waals surface area contributed by atoms with Crippen molar-refractivity contribution in [1.82, 2.24) is 10.0 Å². The number of benzene rings is 2. The predicted molar refractivity (Wildman–Crippen MR) is 125 cm³/mol. The summed E-state index contributed by atoms with van der Waals surface area (Å²) in [6, 6.07) is 16.9. The van der Waals surface area contributed by atoms with Gasteiger partial charge in [-0.15, -0.1) is 0 Å². The van der Waals surface area contributed by atoms with Gasteiger partial charge in [0.15, 0.2) is 5.96 Å². The first-order valence-corrected chi connectivity index (χ1v) is 12.0. The molecule has 0 amide bonds. The number of guanidine groups is 1. The van der Waals surface area contributed by atoms with Crippen molar-refractivity contribution in [2.45, 2.75) is 19.9 Å². The summed E-state index contributed by atoms with van der Waals surface area (Å²) in [6.45, 7) is 4.22. The molecule has 2 aromatic carbocycles. The molecule has 0 atom stereocenters. The fourth-order valence-corrected chi connectivity index (χ4v) is 3.50. The van der Waals surface area contributed by atoms with Crippen molar-refractivity contribution in [2.24, 2.45) is 4.99 Å². The highest BCUT2D eigenvalue weighted by atomic mass is 32.2. The zero-order chi connectivity index (χ0) is 22.4. The summed E-state index contributed by atoms with van der Waals surface area (Å²) in [7, 11) is -1.76. The summed E-state index contributed by atoms with van der Waals surface area (Å²) in [5, 5.41) is 6.31. The molecule has 3 N–H and O–H groups in total. The van der Waals surface area contributed by atoms with Crippen molar-refractivity contribution in [3.63, 3.8) is 0 Å². The Labute approximate surface area is 185 Å². The van der Waals surface area contributed by atoms with Gasteiger partial charge in [0.1, 0.15) is 5.75 Å². The number of hydrogen-bond acceptors (Lipinski definition) is 5. The van der Waals surface area contributed by atoms with E-state index in [1.54, 1.807) is 7.11 Å². The van der Waals surface area contributed by atoms with E-state index in [1.807, 2.05) is 61.5 Å². The van der Waals surface area contributed by atoms with Gasteiger partial charge in [0.2, 0.25) is 10.0 Å². The van der Waals surface area contributed by atoms with E-state index in [0.29, 0.717) is 25.7 Å². The topological polar surface area (TPSA) is 101 Å². The number of rotatable bonds is 13. The minimum atomic E-state index is -3.43. The van der Waals surface area contributed by atoms with E-state index < -0.39 is 10.0 Å². The Hall–Kier alpha value is -2.62. The zero-order valence-corrected chi connectivity index (χ0v) is 19.0. The van der Waals surface area contributed by atoms with E-state index in [4.69, 9.17) is 9.47 Å². The van der Waals surface area contributed by atoms with Crippen LogP contribution in [0, 0.1) is 0 Å². The van der Waals surface area contributed by atoms with Crippen LogP contribution >= 0.6 is 0 Å². The smallest absolute Gasteiger partial charge is 0.213 e. The van der Waals surface area contributed by atoms with Crippen molar-refractivity contribution in [3.05, 3.63) is 60.2 Å². The molecule has 0 heterocycles. The van der Waals surface area contributed by atoms with E-state index in [-0.39, 0.29) is 18.8 Å². The van der Waals surface area contributed by atoms with Gasteiger partial charge >= 0.3 is 0 Å². The quantitative estimate of drug-likeness (QED) is 0.247. The summed E-state index contributed by atoms with van der Waals surface area (Å²) in [5.74, 6) is 1.15. The molecule has 0 spiro atoms. The van der Waals surface area contributed by atoms with Gasteiger partial charge in [-0.3, -0.25) is 4.99 Å². The monoisotopic (exact) mass is 448 g/mol. The molecule has 0 radical (unpaired) electrons. The molecule has 31 heavy (non-hydrogen) atoms. The molecule has 2 aromatic rings. The standard InChI is InChI=1S/C22H32N4O4S/c1-3-23-22(26-20-11-7-12-21(17-20)30-15-8-14-29-2)24-13-16-31(27,28)25-18-19-9-5-4-6-10-19/h4-7,9-12,17,25H,3,8,13-16,18H2,1-2H3,(H2,23,24,26). The van der Waals surface area contributed by atoms with Crippen molar-refractivity contribution in [1.29, 1.82) is 0 Å². The number of sulfonamides is 1. The van der Waals surface area contributed by atoms with E-state index in [9.17, 15) is 8.42 Å². The third kappa shape index (κ3) is 10.3. The molecule has 0 unspecified atom stereocenters. The molecule has 0 aliphatic carbocycles. The van der Waals surface area contributed by atoms with Crippen LogP contribution in [0.5, 0.6) is 5.75 Å². The second kappa shape index (κ2) is 13.6. The first-order valence-electron chi connectivity index (χ1n) is 10.3. The molecule has 8 nitrogen and oxygen atoms in total. The van der Waals surface area contributed by atoms with E-state index in [0.717, 1.165) is 23.4 Å². The molecule has 0 aromatic heterocycles. The molecule has 0 bridgehead atoms. The summed E-state index contributed by atoms with van der Waals surface area (Å²) >= 11 is 0. The highest BCUT2D eigenvalue weighted by Crippen LogP contribution is 2.17. The van der Waals surface area contributed by atoms with Crippen LogP contribution in [0.15, 0.2) is 59.6 Å². The van der Waals surface area contributed by atoms with Gasteiger partial charge in [0, 0.05) is 45.0 Å². The second-order valence-electron chi connectivity index (χ2n) is 6.73. The van der Waals surface area contributed by atoms with Gasteiger partial charge in [-0.2, -0.15) is 0 Å². The first kappa shape index (κ1) is 24.6. The fourth-order valence-electron chi connectivity index (χ4n) is 2.64. The average molecular weight is 449 g/mol. The largest absolute Gasteiger partial charge is 0.493 e. The van der Waals surface area contributed by atoms with Crippen molar-refractivity contribution >= 4 is 21.7 Å². The summed E-state index contributed by atoms with van der Waals surface area (Å²) in [4.78, 5) is 4.38. The van der Waals surface area contributed by atoms with E-state index in [2.05, 4.69) is 20.3 Å². The Balaban J connectivity index is 1.88. The lowest BCUT2D eigenvalue weighted by Crippen LogP contribution is -2.32. The molecular formula is C22H32N4O4S. The van der Waals surface area contributed by atoms with Crippen LogP contribution in [0.1, 0.15) is 18.9 Å². The molecule has 170 valence electrons. The highest BCUT2D eigenvalue weighted by Gasteiger charge is 2.10. The third-order valence-electron chi connectivity index (χ3n) is 4.17. The Bertz CT molecular complexity index is 905. The summed E-state index contributed by atoms with van der Waals surface area (Å²) in [6.07, 6.45) is 0.811. The fraction of sp³-hybridized carbons (Fsp3) is 0.409. The molecule has 0 aliphatic heterocycles. The van der Waals surface area contributed by atoms with Crippen molar-refractivity contribution < 1.29 is 17.9 Å². The Morgan fingerprint density at radius 2 is 1.87 bits per heavy atom. The third-order valence-corrected chi connectivity index (χ3v) is 5.48. The van der Waals surface area contributed by atoms with Gasteiger partial charge in [-0.25, -0.2) is 13.1 Å². The predicted octanol–water partition coefficient (Wildman–Crippen LogP) is 2.60. The highest BCUT2D eigenvalue weighted by molar-refractivity contribution is 7.89. The van der Waals surface area contributed by atoms with Gasteiger partial charge in [0.05, 0.1) is 18.9 Å². The molecule has 0 saturated heterocycles. The molecule has 0 saturated carbocycles. The lowest BCUT2D eigenvalue weighted by atomic mass is 10.2. The molecule has 9 heteroatoms. The van der Waals surface area contributed by atoms with Crippen molar-refractivity contribution in [3.8, 4) is 5.75 Å². The number of methoxy groups -OCH3 is 1. The van der Waals surface area contributed by atoms with Gasteiger partial charge in [-0.05, 0) is 24.6 Å². The number of nitrogens with one attached hydrogen (secondary N) is 3. The second-order valence-corrected chi connectivity index (χ2v) is 8.66. The lowest BCUT2D eigenvalue weighted by Gasteiger charge is -2.13. The van der Waals surface area contributed by atoms with Gasteiger partial charge in [0.25, 0.3) is 0 Å². The first-order chi connectivity index (χ1) is 15.0. The van der Waals surface area contributed by atoms with Crippen LogP contribution < -0.4 is 20.1 Å². The van der Waals surface area contributed by atoms with Gasteiger partial charge < -0.3 is 20.1 Å². The van der Waals surface area contributed by atoms with Crippen LogP contribution in [0.4, 0.5) is 5.69 Å². The number of anilines is 1. The minimum absolute atomic E-state index is 0.0982. The van der Waals surface area contributed by atoms with Gasteiger partial charge in [-0.1, -0.05) is 36.4 Å². The maximum atomic E-state index is 12.2. The van der Waals surface area contributed by atoms with Crippen LogP contribution in [-0.2, 0) is 21.3 Å². The number of aliphatic imine (C=N–C) groups is 1. The maximum absolute atomic E-state index is 12.2. The Morgan fingerprint density at radius 1 is 1.06 bits per heavy atom. The molecule has 0 fully saturated rings. The number of ether oxygens (including phenoxy) is 2. The maximum Gasteiger partial charge on any atom is 0.213 e. The molecule has 0 aliphatic rings. The lowest BCUT2D eigenvalue weighted by molar-refractivity contribution is 0.172. The average Bonchev–Trinajstić information content (AvgIpc) is 2.76. The van der Waals surface area contributed by atoms with E-state index in [1.165, 1.54) is 0 Å². The zero-order valence-electron chi connectivity index (χ0n) is 18.1. The molecular weight excluding hydrogens is 416 g/mol. The normalized spacial score (nSPS) is 11.9. The summed E-state index contributed by atoms with van der Waals surface area (Å²) < 4.78 is 37.8. The van der Waals surface area contributed by atoms with Crippen LogP contribution in [-0.4, -0.2) is 53.5 Å². The Kier molecular flexibility index (Phi) is 10.8. The van der Waals surface area contributed by atoms with Crippen LogP contribution in [0.2, 0.25) is 0 Å². The minimum Gasteiger partial charge on any atom is -0.493 e. The van der Waals surface area contributed by atoms with E-state index >= 15 is 0 Å². The Morgan fingerprint density at radius 3 is 2.61 bits per heavy atom. The van der Waals surface area contributed by atoms with Crippen LogP contribution in [0.25, 0.3) is 0 Å². The molecule has 2 rings (SSSR count). The number of hydrogen-bond donors (Lipinski definition) is 3. The number of nitrogens with zero attached hydrogens (tertiary/aromatic N) is 1.